The molecule has 32 heavy (non-hydrogen) atoms. The first-order chi connectivity index (χ1) is 15.4. The van der Waals surface area contributed by atoms with Crippen molar-refractivity contribution in [2.45, 2.75) is 26.9 Å². The van der Waals surface area contributed by atoms with E-state index in [4.69, 9.17) is 5.73 Å². The number of nitrogens with zero attached hydrogens (tertiary/aromatic N) is 6. The van der Waals surface area contributed by atoms with Gasteiger partial charge in [-0.05, 0) is 37.6 Å². The number of phenols is 1. The number of amides is 1. The predicted molar refractivity (Wildman–Crippen MR) is 121 cm³/mol. The largest absolute Gasteiger partial charge is 0.508 e. The molecule has 0 saturated carbocycles. The monoisotopic (exact) mass is 429 g/mol. The Kier molecular flexibility index (Phi) is 4.47. The molecule has 1 aliphatic rings. The molecule has 0 fully saturated rings. The minimum Gasteiger partial charge on any atom is -0.508 e. The number of hydrogen-bond acceptors (Lipinski definition) is 6. The molecular formula is C23H23N7O2. The van der Waals surface area contributed by atoms with Crippen LogP contribution >= 0.6 is 0 Å². The molecule has 4 heterocycles. The van der Waals surface area contributed by atoms with Crippen LogP contribution in [0, 0.1) is 13.8 Å². The number of nitrogen functional groups attached to an aromatic ring is 1. The summed E-state index contributed by atoms with van der Waals surface area (Å²) < 4.78 is 3.60. The number of fused-ring (bicyclic) bond motifs is 2. The van der Waals surface area contributed by atoms with E-state index in [2.05, 4.69) is 21.6 Å². The Bertz CT molecular complexity index is 1400. The van der Waals surface area contributed by atoms with Crippen LogP contribution in [0.2, 0.25) is 0 Å². The van der Waals surface area contributed by atoms with Crippen LogP contribution in [0.25, 0.3) is 22.9 Å². The van der Waals surface area contributed by atoms with Gasteiger partial charge in [-0.15, -0.1) is 0 Å². The summed E-state index contributed by atoms with van der Waals surface area (Å²) in [7, 11) is 0. The van der Waals surface area contributed by atoms with Gasteiger partial charge in [0.15, 0.2) is 5.65 Å². The van der Waals surface area contributed by atoms with E-state index in [-0.39, 0.29) is 17.5 Å². The normalized spacial score (nSPS) is 13.4. The van der Waals surface area contributed by atoms with Gasteiger partial charge in [0.05, 0.1) is 36.4 Å². The Morgan fingerprint density at radius 3 is 2.84 bits per heavy atom. The standard InChI is InChI=1S/C23H23N7O2/c1-4-15-11-25-22-19(27-15)18(23(32)28-9-10-29-16(12-28)7-8-26-29)21(24)30(22)20-13(2)5-6-17(31)14(20)3/h4-8,11,31H,1,9-10,12,24H2,2-3H3. The molecule has 3 aromatic heterocycles. The van der Waals surface area contributed by atoms with Crippen LogP contribution in [0.15, 0.2) is 37.2 Å². The van der Waals surface area contributed by atoms with Crippen molar-refractivity contribution in [1.29, 1.82) is 0 Å². The Balaban J connectivity index is 1.74. The van der Waals surface area contributed by atoms with Crippen molar-refractivity contribution in [3.8, 4) is 11.4 Å². The smallest absolute Gasteiger partial charge is 0.260 e. The van der Waals surface area contributed by atoms with Gasteiger partial charge in [-0.25, -0.2) is 9.97 Å². The lowest BCUT2D eigenvalue weighted by Gasteiger charge is -2.27. The molecule has 9 heteroatoms. The average molecular weight is 429 g/mol. The number of rotatable bonds is 3. The maximum atomic E-state index is 13.7. The molecule has 3 N–H and O–H groups in total. The van der Waals surface area contributed by atoms with Crippen LogP contribution in [0.1, 0.15) is 32.9 Å². The molecule has 0 aliphatic carbocycles. The maximum absolute atomic E-state index is 13.7. The van der Waals surface area contributed by atoms with Crippen molar-refractivity contribution < 1.29 is 9.90 Å². The van der Waals surface area contributed by atoms with Gasteiger partial charge in [-0.2, -0.15) is 5.10 Å². The highest BCUT2D eigenvalue weighted by Crippen LogP contribution is 2.36. The maximum Gasteiger partial charge on any atom is 0.260 e. The number of carbonyl (C=O) groups excluding carboxylic acids is 1. The predicted octanol–water partition coefficient (Wildman–Crippen LogP) is 2.82. The highest BCUT2D eigenvalue weighted by Gasteiger charge is 2.30. The minimum atomic E-state index is -0.218. The molecule has 4 aromatic rings. The van der Waals surface area contributed by atoms with Crippen LogP contribution in [0.4, 0.5) is 5.82 Å². The summed E-state index contributed by atoms with van der Waals surface area (Å²) in [5.41, 5.74) is 11.5. The van der Waals surface area contributed by atoms with Crippen molar-refractivity contribution in [3.05, 3.63) is 65.2 Å². The summed E-state index contributed by atoms with van der Waals surface area (Å²) in [6.45, 7) is 9.06. The summed E-state index contributed by atoms with van der Waals surface area (Å²) in [6, 6.07) is 5.35. The van der Waals surface area contributed by atoms with E-state index in [1.54, 1.807) is 34.0 Å². The van der Waals surface area contributed by atoms with Crippen LogP contribution in [0.5, 0.6) is 5.75 Å². The van der Waals surface area contributed by atoms with Gasteiger partial charge < -0.3 is 15.7 Å². The van der Waals surface area contributed by atoms with Gasteiger partial charge in [0.25, 0.3) is 5.91 Å². The van der Waals surface area contributed by atoms with E-state index in [1.165, 1.54) is 0 Å². The molecule has 0 unspecified atom stereocenters. The molecule has 1 aromatic carbocycles. The van der Waals surface area contributed by atoms with E-state index in [1.807, 2.05) is 30.7 Å². The van der Waals surface area contributed by atoms with Gasteiger partial charge in [-0.1, -0.05) is 12.6 Å². The first-order valence-corrected chi connectivity index (χ1v) is 10.3. The first-order valence-electron chi connectivity index (χ1n) is 10.3. The Hall–Kier alpha value is -4.14. The van der Waals surface area contributed by atoms with Gasteiger partial charge in [0.1, 0.15) is 22.6 Å². The van der Waals surface area contributed by atoms with Crippen molar-refractivity contribution in [2.24, 2.45) is 0 Å². The second-order valence-corrected chi connectivity index (χ2v) is 7.91. The fourth-order valence-electron chi connectivity index (χ4n) is 4.30. The Labute approximate surface area is 184 Å². The fraction of sp³-hybridized carbons (Fsp3) is 0.217. The van der Waals surface area contributed by atoms with Crippen molar-refractivity contribution in [1.82, 2.24) is 29.2 Å². The second-order valence-electron chi connectivity index (χ2n) is 7.91. The number of benzene rings is 1. The molecule has 5 rings (SSSR count). The van der Waals surface area contributed by atoms with E-state index < -0.39 is 0 Å². The summed E-state index contributed by atoms with van der Waals surface area (Å²) in [6.07, 6.45) is 4.91. The summed E-state index contributed by atoms with van der Waals surface area (Å²) in [5, 5.41) is 14.6. The summed E-state index contributed by atoms with van der Waals surface area (Å²) >= 11 is 0. The lowest BCUT2D eigenvalue weighted by Crippen LogP contribution is -2.38. The molecule has 0 radical (unpaired) electrons. The minimum absolute atomic E-state index is 0.139. The van der Waals surface area contributed by atoms with Gasteiger partial charge >= 0.3 is 0 Å². The van der Waals surface area contributed by atoms with E-state index in [0.29, 0.717) is 53.3 Å². The second kappa shape index (κ2) is 7.23. The fourth-order valence-corrected chi connectivity index (χ4v) is 4.30. The zero-order chi connectivity index (χ0) is 22.6. The summed E-state index contributed by atoms with van der Waals surface area (Å²) in [4.78, 5) is 24.6. The van der Waals surface area contributed by atoms with Crippen molar-refractivity contribution in [3.63, 3.8) is 0 Å². The van der Waals surface area contributed by atoms with Crippen LogP contribution < -0.4 is 5.73 Å². The molecule has 0 saturated heterocycles. The molecule has 0 spiro atoms. The molecule has 9 nitrogen and oxygen atoms in total. The van der Waals surface area contributed by atoms with Crippen LogP contribution in [-0.4, -0.2) is 46.8 Å². The topological polar surface area (TPSA) is 115 Å². The number of carbonyl (C=O) groups is 1. The van der Waals surface area contributed by atoms with Crippen LogP contribution in [0.3, 0.4) is 0 Å². The number of anilines is 1. The van der Waals surface area contributed by atoms with E-state index in [9.17, 15) is 9.90 Å². The Morgan fingerprint density at radius 2 is 2.06 bits per heavy atom. The molecule has 1 aliphatic heterocycles. The first kappa shape index (κ1) is 19.8. The SMILES string of the molecule is C=Cc1cnc2c(n1)c(C(=O)N1CCn3nccc3C1)c(N)n2-c1c(C)ccc(O)c1C. The van der Waals surface area contributed by atoms with Gasteiger partial charge in [0.2, 0.25) is 0 Å². The van der Waals surface area contributed by atoms with Gasteiger partial charge in [0, 0.05) is 18.3 Å². The lowest BCUT2D eigenvalue weighted by atomic mass is 10.1. The lowest BCUT2D eigenvalue weighted by molar-refractivity contribution is 0.0709. The van der Waals surface area contributed by atoms with Crippen molar-refractivity contribution >= 4 is 29.0 Å². The number of aryl methyl sites for hydroxylation is 1. The zero-order valence-corrected chi connectivity index (χ0v) is 17.9. The third-order valence-corrected chi connectivity index (χ3v) is 5.99. The average Bonchev–Trinajstić information content (AvgIpc) is 3.37. The van der Waals surface area contributed by atoms with E-state index >= 15 is 0 Å². The quantitative estimate of drug-likeness (QED) is 0.517. The summed E-state index contributed by atoms with van der Waals surface area (Å²) in [5.74, 6) is 0.159. The molecule has 1 amide bonds. The van der Waals surface area contributed by atoms with Crippen LogP contribution in [-0.2, 0) is 13.1 Å². The number of aromatic nitrogens is 5. The van der Waals surface area contributed by atoms with Gasteiger partial charge in [-0.3, -0.25) is 14.0 Å². The van der Waals surface area contributed by atoms with Crippen molar-refractivity contribution in [2.75, 3.05) is 12.3 Å². The number of hydrogen-bond donors (Lipinski definition) is 2. The molecule has 0 atom stereocenters. The number of phenolic OH excluding ortho intramolecular Hbond substituents is 1. The highest BCUT2D eigenvalue weighted by atomic mass is 16.3. The molecular weight excluding hydrogens is 406 g/mol. The number of nitrogens with two attached hydrogens (primary N) is 1. The Morgan fingerprint density at radius 1 is 1.25 bits per heavy atom. The molecule has 0 bridgehead atoms. The third kappa shape index (κ3) is 2.85. The zero-order valence-electron chi connectivity index (χ0n) is 17.9. The third-order valence-electron chi connectivity index (χ3n) is 5.99. The highest BCUT2D eigenvalue weighted by molar-refractivity contribution is 6.10. The van der Waals surface area contributed by atoms with E-state index in [0.717, 1.165) is 11.3 Å². The number of aromatic hydroxyl groups is 1. The molecule has 162 valence electrons.